The van der Waals surface area contributed by atoms with Crippen LogP contribution < -0.4 is 80.2 Å². The molecule has 530 valence electrons. The Bertz CT molecular complexity index is 2680. The summed E-state index contributed by atoms with van der Waals surface area (Å²) in [6, 6.07) is -9.44. The maximum Gasteiger partial charge on any atom is 0.326 e. The number of nitrogens with one attached hydrogen (secondary N) is 14. The molecule has 2 heterocycles. The maximum absolute atomic E-state index is 13.7. The van der Waals surface area contributed by atoms with Crippen LogP contribution in [0, 0.1) is 0 Å². The first-order chi connectivity index (χ1) is 44.2. The van der Waals surface area contributed by atoms with Gasteiger partial charge >= 0.3 is 11.9 Å². The highest BCUT2D eigenvalue weighted by Crippen LogP contribution is 2.31. The number of carboxylic acids is 2. The number of rotatable bonds is 40. The molecule has 0 bridgehead atoms. The number of nitrogens with two attached hydrogens (primary N) is 1. The molecule has 0 aromatic rings. The standard InChI is InChI=1S/C52H85N15O27/c1-22(46(84)61-18-38(79)59-17-37(78)60-19-39(80)81)63-49(87)27(8-6-7-11-54-33(74)13-56-35(76)15-58-36(77)16-57-34(75)14-55-32(73)12-53)66-31(72)10-9-28(50(88)89)67-47(85)23(2)62-48(86)24(3)91-45-41(65-26(5)71)51(90)92-30(21-69)44(45)94-52-40(64-25(4)70)43(83)42(82)29(20-68)93-52/h22-24,27-30,40-45,51-52,68-69,82-83,90H,6-21,53H2,1-5H3,(H,54,74)(H,55,73)(H,56,76)(H,57,75)(H,58,77)(H,59,79)(H,60,78)(H,61,84)(H,62,86)(H,63,87)(H,64,70)(H,65,71)(H,66,72)(H,67,85)(H,80,81)(H,88,89). The molecule has 42 heteroatoms. The second kappa shape index (κ2) is 41.7. The van der Waals surface area contributed by atoms with Gasteiger partial charge in [0, 0.05) is 26.8 Å². The van der Waals surface area contributed by atoms with Crippen LogP contribution in [0.15, 0.2) is 0 Å². The topological polar surface area (TPSA) is 646 Å². The van der Waals surface area contributed by atoms with Crippen LogP contribution in [0.2, 0.25) is 0 Å². The Morgan fingerprint density at radius 1 is 0.479 bits per heavy atom. The molecule has 2 aliphatic rings. The number of ether oxygens (including phenoxy) is 4. The minimum Gasteiger partial charge on any atom is -0.480 e. The van der Waals surface area contributed by atoms with Crippen molar-refractivity contribution >= 4 is 94.6 Å². The normalized spacial score (nSPS) is 22.2. The number of amides is 14. The van der Waals surface area contributed by atoms with Gasteiger partial charge in [-0.2, -0.15) is 0 Å². The lowest BCUT2D eigenvalue weighted by Crippen LogP contribution is -2.70. The van der Waals surface area contributed by atoms with Gasteiger partial charge in [-0.15, -0.1) is 0 Å². The maximum atomic E-state index is 13.7. The van der Waals surface area contributed by atoms with Crippen molar-refractivity contribution in [2.24, 2.45) is 5.73 Å². The lowest BCUT2D eigenvalue weighted by molar-refractivity contribution is -0.333. The summed E-state index contributed by atoms with van der Waals surface area (Å²) in [5, 5.41) is 103. The molecule has 2 rings (SSSR count). The van der Waals surface area contributed by atoms with Crippen molar-refractivity contribution in [3.63, 3.8) is 0 Å². The third kappa shape index (κ3) is 29.8. The number of carbonyl (C=O) groups excluding carboxylic acids is 14. The highest BCUT2D eigenvalue weighted by Gasteiger charge is 2.53. The van der Waals surface area contributed by atoms with Gasteiger partial charge in [-0.05, 0) is 46.5 Å². The number of carbonyl (C=O) groups is 16. The van der Waals surface area contributed by atoms with Gasteiger partial charge in [0.1, 0.15) is 85.5 Å². The first kappa shape index (κ1) is 81.2. The first-order valence-electron chi connectivity index (χ1n) is 29.1. The average Bonchev–Trinajstić information content (AvgIpc) is 0.780. The van der Waals surface area contributed by atoms with Gasteiger partial charge in [0.2, 0.25) is 82.7 Å². The van der Waals surface area contributed by atoms with Gasteiger partial charge in [0.05, 0.1) is 59.0 Å². The van der Waals surface area contributed by atoms with Crippen LogP contribution in [0.4, 0.5) is 0 Å². The number of hydrogen-bond donors (Lipinski definition) is 22. The Balaban J connectivity index is 2.15. The highest BCUT2D eigenvalue weighted by molar-refractivity contribution is 5.95. The Morgan fingerprint density at radius 2 is 0.957 bits per heavy atom. The number of unbranched alkanes of at least 4 members (excludes halogenated alkanes) is 1. The summed E-state index contributed by atoms with van der Waals surface area (Å²) in [5.41, 5.74) is 5.12. The third-order valence-corrected chi connectivity index (χ3v) is 13.4. The minimum absolute atomic E-state index is 0.0586. The van der Waals surface area contributed by atoms with E-state index in [0.29, 0.717) is 0 Å². The minimum atomic E-state index is -1.95. The van der Waals surface area contributed by atoms with Gasteiger partial charge in [-0.3, -0.25) is 71.9 Å². The Kier molecular flexibility index (Phi) is 36.0. The van der Waals surface area contributed by atoms with Crippen molar-refractivity contribution in [3.05, 3.63) is 0 Å². The lowest BCUT2D eigenvalue weighted by atomic mass is 9.94. The largest absolute Gasteiger partial charge is 0.480 e. The third-order valence-electron chi connectivity index (χ3n) is 13.4. The van der Waals surface area contributed by atoms with Crippen molar-refractivity contribution in [2.45, 2.75) is 158 Å². The van der Waals surface area contributed by atoms with Gasteiger partial charge in [0.15, 0.2) is 12.6 Å². The van der Waals surface area contributed by atoms with Crippen molar-refractivity contribution < 1.29 is 131 Å². The molecule has 2 fully saturated rings. The SMILES string of the molecule is CC(=O)NC1C(OC2C(CO)OC(O)C(NC(C)=O)C2OC(C)C(=O)NC(C)C(=O)NC(CCC(=O)NC(CCCCNC(=O)CNC(=O)CNC(=O)CNC(=O)CNC(=O)CN)C(=O)NC(C)C(=O)NCC(=O)NCC(=O)NCC(=O)O)C(=O)O)OC(CO)C(O)C1O. The Morgan fingerprint density at radius 3 is 1.46 bits per heavy atom. The van der Waals surface area contributed by atoms with Crippen LogP contribution in [0.25, 0.3) is 0 Å². The van der Waals surface area contributed by atoms with Crippen LogP contribution >= 0.6 is 0 Å². The number of aliphatic hydroxyl groups excluding tert-OH is 5. The Hall–Kier alpha value is -8.88. The molecule has 0 radical (unpaired) electrons. The fraction of sp³-hybridized carbons (Fsp3) is 0.692. The van der Waals surface area contributed by atoms with E-state index in [1.54, 1.807) is 0 Å². The molecule has 15 atom stereocenters. The van der Waals surface area contributed by atoms with E-state index >= 15 is 0 Å². The molecule has 0 aliphatic carbocycles. The van der Waals surface area contributed by atoms with E-state index in [4.69, 9.17) is 29.8 Å². The van der Waals surface area contributed by atoms with E-state index in [1.807, 2.05) is 5.32 Å². The lowest BCUT2D eigenvalue weighted by Gasteiger charge is -2.48. The van der Waals surface area contributed by atoms with Gasteiger partial charge < -0.3 is 135 Å². The summed E-state index contributed by atoms with van der Waals surface area (Å²) < 4.78 is 23.2. The molecule has 0 saturated carbocycles. The van der Waals surface area contributed by atoms with Crippen LogP contribution in [0.5, 0.6) is 0 Å². The van der Waals surface area contributed by atoms with Crippen molar-refractivity contribution in [1.82, 2.24) is 74.4 Å². The molecule has 0 spiro atoms. The van der Waals surface area contributed by atoms with Gasteiger partial charge in [0.25, 0.3) is 0 Å². The zero-order valence-electron chi connectivity index (χ0n) is 51.8. The zero-order chi connectivity index (χ0) is 70.9. The van der Waals surface area contributed by atoms with E-state index in [9.17, 15) is 107 Å². The monoisotopic (exact) mass is 1350 g/mol. The number of hydrogen-bond acceptors (Lipinski definition) is 26. The summed E-state index contributed by atoms with van der Waals surface area (Å²) in [6.45, 7) is -0.830. The predicted octanol–water partition coefficient (Wildman–Crippen LogP) is -13.7. The van der Waals surface area contributed by atoms with Crippen molar-refractivity contribution in [3.8, 4) is 0 Å². The molecule has 15 unspecified atom stereocenters. The van der Waals surface area contributed by atoms with E-state index in [1.165, 1.54) is 6.92 Å². The van der Waals surface area contributed by atoms with E-state index < -0.39 is 258 Å². The van der Waals surface area contributed by atoms with E-state index in [0.717, 1.165) is 27.7 Å². The summed E-state index contributed by atoms with van der Waals surface area (Å²) in [6.07, 6.45) is -16.7. The average molecular weight is 1350 g/mol. The van der Waals surface area contributed by atoms with Crippen LogP contribution in [0.1, 0.15) is 66.7 Å². The number of aliphatic hydroxyl groups is 5. The summed E-state index contributed by atoms with van der Waals surface area (Å²) in [5.74, 6) is -14.9. The fourth-order valence-corrected chi connectivity index (χ4v) is 8.50. The summed E-state index contributed by atoms with van der Waals surface area (Å²) in [7, 11) is 0. The molecule has 2 aliphatic heterocycles. The van der Waals surface area contributed by atoms with Crippen LogP contribution in [-0.2, 0) is 95.7 Å². The van der Waals surface area contributed by atoms with Gasteiger partial charge in [-0.1, -0.05) is 0 Å². The summed E-state index contributed by atoms with van der Waals surface area (Å²) >= 11 is 0. The van der Waals surface area contributed by atoms with Crippen molar-refractivity contribution in [1.29, 1.82) is 0 Å². The molecule has 94 heavy (non-hydrogen) atoms. The van der Waals surface area contributed by atoms with E-state index in [-0.39, 0.29) is 32.4 Å². The van der Waals surface area contributed by atoms with Gasteiger partial charge in [-0.25, -0.2) is 4.79 Å². The molecule has 14 amide bonds. The van der Waals surface area contributed by atoms with Crippen LogP contribution in [0.3, 0.4) is 0 Å². The molecule has 2 saturated heterocycles. The van der Waals surface area contributed by atoms with Crippen LogP contribution in [-0.4, -0.2) is 294 Å². The fourth-order valence-electron chi connectivity index (χ4n) is 8.50. The Labute approximate surface area is 535 Å². The zero-order valence-corrected chi connectivity index (χ0v) is 51.8. The van der Waals surface area contributed by atoms with E-state index in [2.05, 4.69) is 69.1 Å². The molecule has 23 N–H and O–H groups in total. The molecular weight excluding hydrogens is 1270 g/mol. The molecule has 0 aromatic carbocycles. The number of aliphatic carboxylic acids is 2. The highest BCUT2D eigenvalue weighted by atomic mass is 16.7. The molecule has 42 nitrogen and oxygen atoms in total. The molecule has 0 aromatic heterocycles. The second-order valence-corrected chi connectivity index (χ2v) is 21.1. The molecular formula is C52H85N15O27. The summed E-state index contributed by atoms with van der Waals surface area (Å²) in [4.78, 5) is 198. The quantitative estimate of drug-likeness (QED) is 0.0253. The predicted molar refractivity (Wildman–Crippen MR) is 311 cm³/mol. The van der Waals surface area contributed by atoms with Crippen molar-refractivity contribution in [2.75, 3.05) is 72.1 Å². The first-order valence-corrected chi connectivity index (χ1v) is 29.1. The second-order valence-electron chi connectivity index (χ2n) is 21.1. The number of carboxylic acid groups (broad SMARTS) is 2. The smallest absolute Gasteiger partial charge is 0.326 e.